The van der Waals surface area contributed by atoms with Crippen molar-refractivity contribution in [1.82, 2.24) is 10.6 Å². The van der Waals surface area contributed by atoms with Crippen molar-refractivity contribution in [2.24, 2.45) is 0 Å². The number of allylic oxidation sites excluding steroid dienone is 1. The van der Waals surface area contributed by atoms with Crippen molar-refractivity contribution >= 4 is 17.7 Å². The molecule has 1 aromatic rings. The van der Waals surface area contributed by atoms with Gasteiger partial charge in [-0.25, -0.2) is 9.59 Å². The number of rotatable bonds is 3. The monoisotopic (exact) mass is 333 g/mol. The van der Waals surface area contributed by atoms with E-state index in [4.69, 9.17) is 4.74 Å². The molecule has 0 spiro atoms. The minimum absolute atomic E-state index is 0.124. The molecule has 1 aromatic carbocycles. The number of nitrogens with zero attached hydrogens (tertiary/aromatic N) is 1. The van der Waals surface area contributed by atoms with E-state index in [0.717, 1.165) is 0 Å². The molecule has 0 unspecified atom stereocenters. The van der Waals surface area contributed by atoms with Gasteiger partial charge in [0.25, 0.3) is 5.69 Å². The summed E-state index contributed by atoms with van der Waals surface area (Å²) in [6, 6.07) is 4.47. The first kappa shape index (κ1) is 17.5. The van der Waals surface area contributed by atoms with Gasteiger partial charge in [0.05, 0.1) is 16.5 Å². The fourth-order valence-corrected chi connectivity index (χ4v) is 2.37. The smallest absolute Gasteiger partial charge is 0.338 e. The van der Waals surface area contributed by atoms with Crippen molar-refractivity contribution in [2.75, 3.05) is 0 Å². The summed E-state index contributed by atoms with van der Waals surface area (Å²) in [7, 11) is 0. The first-order valence-electron chi connectivity index (χ1n) is 7.34. The second kappa shape index (κ2) is 6.31. The van der Waals surface area contributed by atoms with Gasteiger partial charge in [0.1, 0.15) is 5.60 Å². The number of urea groups is 1. The Labute approximate surface area is 139 Å². The molecular formula is C16H19N3O5. The number of hydrogen-bond donors (Lipinski definition) is 2. The van der Waals surface area contributed by atoms with Crippen LogP contribution >= 0.6 is 0 Å². The second-order valence-electron chi connectivity index (χ2n) is 6.42. The van der Waals surface area contributed by atoms with Crippen LogP contribution in [-0.4, -0.2) is 22.5 Å². The predicted molar refractivity (Wildman–Crippen MR) is 86.0 cm³/mol. The predicted octanol–water partition coefficient (Wildman–Crippen LogP) is 2.56. The molecule has 8 heteroatoms. The third kappa shape index (κ3) is 3.89. The molecule has 128 valence electrons. The largest absolute Gasteiger partial charge is 0.456 e. The van der Waals surface area contributed by atoms with E-state index >= 15 is 0 Å². The molecule has 1 heterocycles. The average molecular weight is 333 g/mol. The zero-order chi connectivity index (χ0) is 18.1. The number of nitrogens with one attached hydrogen (secondary N) is 2. The number of ether oxygens (including phenoxy) is 1. The Morgan fingerprint density at radius 2 is 2.00 bits per heavy atom. The van der Waals surface area contributed by atoms with Crippen LogP contribution in [0.25, 0.3) is 0 Å². The summed E-state index contributed by atoms with van der Waals surface area (Å²) >= 11 is 0. The van der Waals surface area contributed by atoms with E-state index in [9.17, 15) is 19.7 Å². The number of non-ortho nitro benzene ring substituents is 1. The van der Waals surface area contributed by atoms with Gasteiger partial charge < -0.3 is 15.4 Å². The minimum Gasteiger partial charge on any atom is -0.456 e. The van der Waals surface area contributed by atoms with Crippen LogP contribution in [0.15, 0.2) is 35.5 Å². The molecule has 0 saturated heterocycles. The Hall–Kier alpha value is -2.90. The molecule has 1 aliphatic rings. The fraction of sp³-hybridized carbons (Fsp3) is 0.375. The molecular weight excluding hydrogens is 314 g/mol. The zero-order valence-electron chi connectivity index (χ0n) is 13.9. The van der Waals surface area contributed by atoms with Crippen molar-refractivity contribution in [3.05, 3.63) is 51.2 Å². The lowest BCUT2D eigenvalue weighted by atomic mass is 9.95. The summed E-state index contributed by atoms with van der Waals surface area (Å²) in [5.74, 6) is -0.594. The van der Waals surface area contributed by atoms with Crippen molar-refractivity contribution < 1.29 is 19.2 Å². The van der Waals surface area contributed by atoms with Crippen molar-refractivity contribution in [3.8, 4) is 0 Å². The van der Waals surface area contributed by atoms with Crippen LogP contribution in [0.4, 0.5) is 10.5 Å². The Bertz CT molecular complexity index is 733. The van der Waals surface area contributed by atoms with Gasteiger partial charge in [-0.15, -0.1) is 0 Å². The van der Waals surface area contributed by atoms with Gasteiger partial charge in [-0.1, -0.05) is 12.1 Å². The van der Waals surface area contributed by atoms with Crippen LogP contribution in [0.1, 0.15) is 39.3 Å². The zero-order valence-corrected chi connectivity index (χ0v) is 13.9. The van der Waals surface area contributed by atoms with Gasteiger partial charge in [0, 0.05) is 17.8 Å². The van der Waals surface area contributed by atoms with E-state index in [1.807, 2.05) is 0 Å². The van der Waals surface area contributed by atoms with E-state index < -0.39 is 28.6 Å². The minimum atomic E-state index is -0.825. The van der Waals surface area contributed by atoms with Crippen LogP contribution in [0.5, 0.6) is 0 Å². The number of amides is 2. The molecule has 0 aliphatic carbocycles. The number of carbonyl (C=O) groups excluding carboxylic acids is 2. The topological polar surface area (TPSA) is 111 Å². The Balaban J connectivity index is 2.47. The van der Waals surface area contributed by atoms with Crippen LogP contribution in [-0.2, 0) is 9.53 Å². The second-order valence-corrected chi connectivity index (χ2v) is 6.42. The molecule has 0 fully saturated rings. The highest BCUT2D eigenvalue weighted by Gasteiger charge is 2.34. The Kier molecular flexibility index (Phi) is 4.59. The first-order chi connectivity index (χ1) is 11.1. The third-order valence-corrected chi connectivity index (χ3v) is 3.30. The molecule has 2 amide bonds. The molecule has 2 rings (SSSR count). The van der Waals surface area contributed by atoms with Crippen LogP contribution < -0.4 is 10.6 Å². The average Bonchev–Trinajstić information content (AvgIpc) is 2.44. The summed E-state index contributed by atoms with van der Waals surface area (Å²) in [5, 5.41) is 16.1. The summed E-state index contributed by atoms with van der Waals surface area (Å²) in [4.78, 5) is 34.8. The van der Waals surface area contributed by atoms with Gasteiger partial charge in [0.2, 0.25) is 0 Å². The Morgan fingerprint density at radius 3 is 2.58 bits per heavy atom. The van der Waals surface area contributed by atoms with Crippen molar-refractivity contribution in [1.29, 1.82) is 0 Å². The van der Waals surface area contributed by atoms with Crippen molar-refractivity contribution in [2.45, 2.75) is 39.3 Å². The number of nitro benzene ring substituents is 1. The van der Waals surface area contributed by atoms with Crippen LogP contribution in [0, 0.1) is 10.1 Å². The highest BCUT2D eigenvalue weighted by molar-refractivity contribution is 5.95. The number of carbonyl (C=O) groups is 2. The van der Waals surface area contributed by atoms with E-state index in [2.05, 4.69) is 10.6 Å². The quantitative estimate of drug-likeness (QED) is 0.502. The summed E-state index contributed by atoms with van der Waals surface area (Å²) in [5.41, 5.74) is 0.161. The van der Waals surface area contributed by atoms with E-state index in [1.54, 1.807) is 33.8 Å². The van der Waals surface area contributed by atoms with Gasteiger partial charge >= 0.3 is 12.0 Å². The molecule has 24 heavy (non-hydrogen) atoms. The van der Waals surface area contributed by atoms with Crippen LogP contribution in [0.3, 0.4) is 0 Å². The number of nitro groups is 1. The third-order valence-electron chi connectivity index (χ3n) is 3.30. The van der Waals surface area contributed by atoms with Crippen molar-refractivity contribution in [3.63, 3.8) is 0 Å². The van der Waals surface area contributed by atoms with E-state index in [-0.39, 0.29) is 11.3 Å². The number of esters is 1. The molecule has 0 aromatic heterocycles. The molecule has 1 atom stereocenters. The first-order valence-corrected chi connectivity index (χ1v) is 7.34. The number of hydrogen-bond acceptors (Lipinski definition) is 5. The highest BCUT2D eigenvalue weighted by atomic mass is 16.6. The highest BCUT2D eigenvalue weighted by Crippen LogP contribution is 2.30. The fourth-order valence-electron chi connectivity index (χ4n) is 2.37. The molecule has 0 bridgehead atoms. The van der Waals surface area contributed by atoms with Gasteiger partial charge in [-0.2, -0.15) is 0 Å². The lowest BCUT2D eigenvalue weighted by Crippen LogP contribution is -2.46. The maximum atomic E-state index is 12.5. The number of benzene rings is 1. The molecule has 2 N–H and O–H groups in total. The normalized spacial score (nSPS) is 17.8. The summed E-state index contributed by atoms with van der Waals surface area (Å²) in [6.45, 7) is 6.79. The molecule has 1 aliphatic heterocycles. The summed E-state index contributed by atoms with van der Waals surface area (Å²) in [6.07, 6.45) is 0. The van der Waals surface area contributed by atoms with Gasteiger partial charge in [-0.3, -0.25) is 10.1 Å². The lowest BCUT2D eigenvalue weighted by Gasteiger charge is -2.30. The van der Waals surface area contributed by atoms with Gasteiger partial charge in [0.15, 0.2) is 0 Å². The molecule has 8 nitrogen and oxygen atoms in total. The Morgan fingerprint density at radius 1 is 1.33 bits per heavy atom. The summed E-state index contributed by atoms with van der Waals surface area (Å²) < 4.78 is 5.39. The maximum absolute atomic E-state index is 12.5. The lowest BCUT2D eigenvalue weighted by molar-refractivity contribution is -0.384. The maximum Gasteiger partial charge on any atom is 0.338 e. The van der Waals surface area contributed by atoms with E-state index in [1.165, 1.54) is 18.2 Å². The molecule has 0 saturated carbocycles. The standard InChI is InChI=1S/C16H19N3O5/c1-9-12(14(20)24-16(2,3)4)13(18-15(21)17-9)10-6-5-7-11(8-10)19(22)23/h5-8,13H,1-4H3,(H2,17,18,21)/t13-/m0/s1. The van der Waals surface area contributed by atoms with Crippen LogP contribution in [0.2, 0.25) is 0 Å². The SMILES string of the molecule is CC1=C(C(=O)OC(C)(C)C)[C@H](c2cccc([N+](=O)[O-])c2)NC(=O)N1. The molecule has 0 radical (unpaired) electrons. The van der Waals surface area contributed by atoms with E-state index in [0.29, 0.717) is 11.3 Å². The van der Waals surface area contributed by atoms with Gasteiger partial charge in [-0.05, 0) is 33.3 Å².